The van der Waals surface area contributed by atoms with Gasteiger partial charge in [-0.1, -0.05) is 302 Å². The number of rotatable bonds is 58. The predicted octanol–water partition coefficient (Wildman–Crippen LogP) is 21.1. The van der Waals surface area contributed by atoms with Gasteiger partial charge in [0.1, 0.15) is 13.2 Å². The number of ether oxygens (including phenoxy) is 3. The third-order valence-corrected chi connectivity index (χ3v) is 14.2. The van der Waals surface area contributed by atoms with Gasteiger partial charge in [-0.3, -0.25) is 14.4 Å². The second kappa shape index (κ2) is 59.5. The van der Waals surface area contributed by atoms with Gasteiger partial charge in [-0.2, -0.15) is 0 Å². The van der Waals surface area contributed by atoms with Gasteiger partial charge in [0.25, 0.3) is 0 Å². The summed E-state index contributed by atoms with van der Waals surface area (Å²) in [6.45, 7) is 6.67. The van der Waals surface area contributed by atoms with Crippen LogP contribution < -0.4 is 0 Å². The Kier molecular flexibility index (Phi) is 57.7. The van der Waals surface area contributed by atoms with Crippen LogP contribution >= 0.6 is 0 Å². The Morgan fingerprint density at radius 3 is 0.786 bits per heavy atom. The largest absolute Gasteiger partial charge is 0.462 e. The van der Waals surface area contributed by atoms with E-state index < -0.39 is 6.10 Å². The molecule has 0 aliphatic rings. The van der Waals surface area contributed by atoms with Crippen LogP contribution in [0, 0.1) is 0 Å². The van der Waals surface area contributed by atoms with Gasteiger partial charge in [-0.05, 0) is 51.4 Å². The minimum absolute atomic E-state index is 0.0654. The summed E-state index contributed by atoms with van der Waals surface area (Å²) in [6, 6.07) is 0. The molecule has 0 saturated carbocycles. The highest BCUT2D eigenvalue weighted by atomic mass is 16.6. The molecule has 0 spiro atoms. The first kappa shape index (κ1) is 67.9. The molecular weight excluding hydrogens is 865 g/mol. The summed E-state index contributed by atoms with van der Waals surface area (Å²) in [5, 5.41) is 0. The van der Waals surface area contributed by atoms with Crippen molar-refractivity contribution >= 4 is 17.9 Å². The highest BCUT2D eigenvalue weighted by molar-refractivity contribution is 5.71. The van der Waals surface area contributed by atoms with E-state index in [-0.39, 0.29) is 31.1 Å². The molecule has 0 aromatic rings. The zero-order valence-corrected chi connectivity index (χ0v) is 47.3. The minimum atomic E-state index is -0.765. The number of hydrogen-bond donors (Lipinski definition) is 0. The number of carbonyl (C=O) groups is 3. The fourth-order valence-corrected chi connectivity index (χ4v) is 9.48. The van der Waals surface area contributed by atoms with E-state index in [1.807, 2.05) is 0 Å². The molecule has 0 amide bonds. The fraction of sp³-hybridized carbons (Fsp3) is 0.891. The maximum Gasteiger partial charge on any atom is 0.306 e. The lowest BCUT2D eigenvalue weighted by atomic mass is 10.0. The van der Waals surface area contributed by atoms with E-state index in [1.54, 1.807) is 0 Å². The molecule has 0 rings (SSSR count). The lowest BCUT2D eigenvalue weighted by Gasteiger charge is -2.18. The zero-order chi connectivity index (χ0) is 50.7. The van der Waals surface area contributed by atoms with Gasteiger partial charge in [0.15, 0.2) is 6.10 Å². The van der Waals surface area contributed by atoms with Crippen LogP contribution in [0.15, 0.2) is 24.3 Å². The first-order chi connectivity index (χ1) is 34.5. The molecule has 0 radical (unpaired) electrons. The van der Waals surface area contributed by atoms with E-state index in [4.69, 9.17) is 14.2 Å². The molecule has 1 unspecified atom stereocenters. The smallest absolute Gasteiger partial charge is 0.306 e. The van der Waals surface area contributed by atoms with Gasteiger partial charge in [0, 0.05) is 19.3 Å². The van der Waals surface area contributed by atoms with Crippen molar-refractivity contribution in [1.29, 1.82) is 0 Å². The Labute approximate surface area is 436 Å². The standard InChI is InChI=1S/C64H120O6/c1-4-7-10-13-16-19-21-23-25-27-29-30-31-32-33-34-35-37-38-40-42-45-48-51-54-57-63(66)69-60-61(59-68-62(65)56-53-50-47-44-18-15-12-9-6-3)70-64(67)58-55-52-49-46-43-41-39-36-28-26-24-22-20-17-14-11-8-5-2/h21,23,27,29,61H,4-20,22,24-26,28,30-60H2,1-3H3/b23-21-,29-27-. The normalized spacial score (nSPS) is 12.1. The summed E-state index contributed by atoms with van der Waals surface area (Å²) in [5.74, 6) is -0.844. The number of hydrogen-bond acceptors (Lipinski definition) is 6. The summed E-state index contributed by atoms with van der Waals surface area (Å²) >= 11 is 0. The van der Waals surface area contributed by atoms with Crippen molar-refractivity contribution in [2.45, 2.75) is 354 Å². The van der Waals surface area contributed by atoms with Gasteiger partial charge in [0.2, 0.25) is 0 Å². The predicted molar refractivity (Wildman–Crippen MR) is 303 cm³/mol. The van der Waals surface area contributed by atoms with E-state index in [9.17, 15) is 14.4 Å². The topological polar surface area (TPSA) is 78.9 Å². The molecule has 70 heavy (non-hydrogen) atoms. The SMILES string of the molecule is CCCCCCC/C=C\C/C=C\CCCCCCCCCCCCCCCC(=O)OCC(COC(=O)CCCCCCCCCCC)OC(=O)CCCCCCCCCCCCCCCCCCCC. The van der Waals surface area contributed by atoms with Crippen molar-refractivity contribution in [1.82, 2.24) is 0 Å². The van der Waals surface area contributed by atoms with Gasteiger partial charge in [-0.25, -0.2) is 0 Å². The van der Waals surface area contributed by atoms with Crippen molar-refractivity contribution in [3.05, 3.63) is 24.3 Å². The molecule has 0 aromatic heterocycles. The summed E-state index contributed by atoms with van der Waals surface area (Å²) in [6.07, 6.45) is 70.5. The Balaban J connectivity index is 4.15. The van der Waals surface area contributed by atoms with Gasteiger partial charge >= 0.3 is 17.9 Å². The van der Waals surface area contributed by atoms with E-state index >= 15 is 0 Å². The number of carbonyl (C=O) groups excluding carboxylic acids is 3. The lowest BCUT2D eigenvalue weighted by Crippen LogP contribution is -2.30. The Morgan fingerprint density at radius 2 is 0.514 bits per heavy atom. The molecular formula is C64H120O6. The molecule has 6 nitrogen and oxygen atoms in total. The van der Waals surface area contributed by atoms with Crippen LogP contribution in [0.4, 0.5) is 0 Å². The van der Waals surface area contributed by atoms with E-state index in [0.29, 0.717) is 19.3 Å². The Morgan fingerprint density at radius 1 is 0.286 bits per heavy atom. The molecule has 1 atom stereocenters. The van der Waals surface area contributed by atoms with Crippen LogP contribution in [0.5, 0.6) is 0 Å². The average molecular weight is 986 g/mol. The second-order valence-electron chi connectivity index (χ2n) is 21.3. The van der Waals surface area contributed by atoms with E-state index in [0.717, 1.165) is 64.2 Å². The Hall–Kier alpha value is -2.11. The Bertz CT molecular complexity index is 1130. The van der Waals surface area contributed by atoms with Gasteiger partial charge in [-0.15, -0.1) is 0 Å². The highest BCUT2D eigenvalue weighted by Gasteiger charge is 2.19. The number of unbranched alkanes of at least 4 members (excludes halogenated alkanes) is 43. The van der Waals surface area contributed by atoms with Gasteiger partial charge < -0.3 is 14.2 Å². The summed E-state index contributed by atoms with van der Waals surface area (Å²) in [4.78, 5) is 38.1. The quantitative estimate of drug-likeness (QED) is 0.0261. The molecule has 0 fully saturated rings. The minimum Gasteiger partial charge on any atom is -0.462 e. The van der Waals surface area contributed by atoms with Crippen molar-refractivity contribution in [2.75, 3.05) is 13.2 Å². The van der Waals surface area contributed by atoms with E-state index in [2.05, 4.69) is 45.1 Å². The van der Waals surface area contributed by atoms with Crippen LogP contribution in [-0.2, 0) is 28.6 Å². The van der Waals surface area contributed by atoms with Gasteiger partial charge in [0.05, 0.1) is 0 Å². The van der Waals surface area contributed by atoms with Crippen LogP contribution in [0.25, 0.3) is 0 Å². The molecule has 0 saturated heterocycles. The van der Waals surface area contributed by atoms with Crippen molar-refractivity contribution in [2.24, 2.45) is 0 Å². The third-order valence-electron chi connectivity index (χ3n) is 14.2. The fourth-order valence-electron chi connectivity index (χ4n) is 9.48. The number of allylic oxidation sites excluding steroid dienone is 4. The molecule has 0 aromatic carbocycles. The molecule has 412 valence electrons. The first-order valence-corrected chi connectivity index (χ1v) is 31.3. The van der Waals surface area contributed by atoms with Crippen molar-refractivity contribution in [3.63, 3.8) is 0 Å². The molecule has 0 aliphatic carbocycles. The lowest BCUT2D eigenvalue weighted by molar-refractivity contribution is -0.167. The van der Waals surface area contributed by atoms with E-state index in [1.165, 1.54) is 244 Å². The number of esters is 3. The molecule has 0 heterocycles. The van der Waals surface area contributed by atoms with Crippen LogP contribution in [0.2, 0.25) is 0 Å². The average Bonchev–Trinajstić information content (AvgIpc) is 3.36. The summed E-state index contributed by atoms with van der Waals surface area (Å²) in [5.41, 5.74) is 0. The molecule has 0 N–H and O–H groups in total. The summed E-state index contributed by atoms with van der Waals surface area (Å²) in [7, 11) is 0. The van der Waals surface area contributed by atoms with Crippen LogP contribution in [0.3, 0.4) is 0 Å². The first-order valence-electron chi connectivity index (χ1n) is 31.3. The van der Waals surface area contributed by atoms with Crippen molar-refractivity contribution < 1.29 is 28.6 Å². The monoisotopic (exact) mass is 985 g/mol. The molecule has 0 aliphatic heterocycles. The van der Waals surface area contributed by atoms with Crippen LogP contribution in [-0.4, -0.2) is 37.2 Å². The molecule has 6 heteroatoms. The van der Waals surface area contributed by atoms with Crippen molar-refractivity contribution in [3.8, 4) is 0 Å². The molecule has 0 bridgehead atoms. The second-order valence-corrected chi connectivity index (χ2v) is 21.3. The summed E-state index contributed by atoms with van der Waals surface area (Å²) < 4.78 is 16.9. The third kappa shape index (κ3) is 56.8. The highest BCUT2D eigenvalue weighted by Crippen LogP contribution is 2.18. The van der Waals surface area contributed by atoms with Crippen LogP contribution in [0.1, 0.15) is 348 Å². The maximum atomic E-state index is 12.9. The zero-order valence-electron chi connectivity index (χ0n) is 47.3. The maximum absolute atomic E-state index is 12.9.